The van der Waals surface area contributed by atoms with E-state index in [1.54, 1.807) is 24.4 Å². The van der Waals surface area contributed by atoms with Crippen LogP contribution < -0.4 is 10.6 Å². The number of halogens is 1. The van der Waals surface area contributed by atoms with Gasteiger partial charge in [0, 0.05) is 23.1 Å². The molecule has 0 saturated carbocycles. The third kappa shape index (κ3) is 2.70. The summed E-state index contributed by atoms with van der Waals surface area (Å²) in [5, 5.41) is 22.2. The van der Waals surface area contributed by atoms with Crippen LogP contribution in [-0.2, 0) is 0 Å². The number of nitrogens with zero attached hydrogens (tertiary/aromatic N) is 4. The predicted molar refractivity (Wildman–Crippen MR) is 77.2 cm³/mol. The number of amides is 1. The summed E-state index contributed by atoms with van der Waals surface area (Å²) in [6.45, 7) is 0. The molecule has 1 amide bonds. The standard InChI is InChI=1S/C12H9ClN6O2/c13-7-2-1-3-8(6-7)15-9-10-17-18-11(16-12(20)21)19(10)5-4-14-9/h1-6H,(H,14,15)(H,16,18)(H,20,21). The van der Waals surface area contributed by atoms with Gasteiger partial charge < -0.3 is 10.4 Å². The first kappa shape index (κ1) is 13.1. The van der Waals surface area contributed by atoms with E-state index in [0.717, 1.165) is 5.69 Å². The van der Waals surface area contributed by atoms with E-state index in [1.807, 2.05) is 6.07 Å². The molecular formula is C12H9ClN6O2. The van der Waals surface area contributed by atoms with Crippen LogP contribution >= 0.6 is 11.6 Å². The fourth-order valence-electron chi connectivity index (χ4n) is 1.80. The molecule has 9 heteroatoms. The van der Waals surface area contributed by atoms with Crippen molar-refractivity contribution in [1.82, 2.24) is 19.6 Å². The summed E-state index contributed by atoms with van der Waals surface area (Å²) in [6, 6.07) is 7.11. The van der Waals surface area contributed by atoms with Gasteiger partial charge in [0.15, 0.2) is 5.82 Å². The van der Waals surface area contributed by atoms with E-state index in [2.05, 4.69) is 25.8 Å². The summed E-state index contributed by atoms with van der Waals surface area (Å²) < 4.78 is 1.48. The Bertz CT molecular complexity index is 818. The molecule has 8 nitrogen and oxygen atoms in total. The lowest BCUT2D eigenvalue weighted by Gasteiger charge is -2.06. The smallest absolute Gasteiger partial charge is 0.411 e. The number of aromatic nitrogens is 4. The zero-order valence-corrected chi connectivity index (χ0v) is 11.2. The lowest BCUT2D eigenvalue weighted by atomic mass is 10.3. The number of carbonyl (C=O) groups is 1. The Morgan fingerprint density at radius 2 is 2.19 bits per heavy atom. The molecule has 3 rings (SSSR count). The zero-order valence-electron chi connectivity index (χ0n) is 10.5. The monoisotopic (exact) mass is 304 g/mol. The molecular weight excluding hydrogens is 296 g/mol. The molecule has 2 aromatic heterocycles. The summed E-state index contributed by atoms with van der Waals surface area (Å²) >= 11 is 5.92. The first-order chi connectivity index (χ1) is 10.1. The summed E-state index contributed by atoms with van der Waals surface area (Å²) in [7, 11) is 0. The number of carboxylic acid groups (broad SMARTS) is 1. The fraction of sp³-hybridized carbons (Fsp3) is 0. The van der Waals surface area contributed by atoms with Crippen LogP contribution in [0.15, 0.2) is 36.7 Å². The number of rotatable bonds is 3. The van der Waals surface area contributed by atoms with Gasteiger partial charge in [0.1, 0.15) is 0 Å². The highest BCUT2D eigenvalue weighted by atomic mass is 35.5. The van der Waals surface area contributed by atoms with Crippen LogP contribution in [0.25, 0.3) is 5.65 Å². The van der Waals surface area contributed by atoms with Gasteiger partial charge in [-0.25, -0.2) is 9.78 Å². The van der Waals surface area contributed by atoms with E-state index < -0.39 is 6.09 Å². The molecule has 0 radical (unpaired) electrons. The van der Waals surface area contributed by atoms with E-state index in [1.165, 1.54) is 10.6 Å². The minimum Gasteiger partial charge on any atom is -0.465 e. The molecule has 0 aliphatic rings. The van der Waals surface area contributed by atoms with Gasteiger partial charge in [-0.15, -0.1) is 10.2 Å². The normalized spacial score (nSPS) is 10.5. The number of hydrogen-bond acceptors (Lipinski definition) is 5. The molecule has 0 aliphatic heterocycles. The number of hydrogen-bond donors (Lipinski definition) is 3. The van der Waals surface area contributed by atoms with Gasteiger partial charge in [-0.05, 0) is 18.2 Å². The van der Waals surface area contributed by atoms with Gasteiger partial charge in [-0.3, -0.25) is 9.72 Å². The molecule has 0 fully saturated rings. The van der Waals surface area contributed by atoms with Crippen molar-refractivity contribution in [2.24, 2.45) is 0 Å². The maximum atomic E-state index is 10.7. The summed E-state index contributed by atoms with van der Waals surface area (Å²) in [4.78, 5) is 14.9. The van der Waals surface area contributed by atoms with Crippen molar-refractivity contribution in [1.29, 1.82) is 0 Å². The van der Waals surface area contributed by atoms with Gasteiger partial charge in [-0.2, -0.15) is 0 Å². The van der Waals surface area contributed by atoms with Crippen LogP contribution in [0.4, 0.5) is 22.2 Å². The van der Waals surface area contributed by atoms with E-state index in [-0.39, 0.29) is 5.95 Å². The number of anilines is 3. The minimum absolute atomic E-state index is 0.0917. The lowest BCUT2D eigenvalue weighted by Crippen LogP contribution is -2.10. The largest absolute Gasteiger partial charge is 0.465 e. The SMILES string of the molecule is O=C(O)Nc1nnc2c(Nc3cccc(Cl)c3)nccn12. The van der Waals surface area contributed by atoms with Crippen molar-refractivity contribution in [2.75, 3.05) is 10.6 Å². The molecule has 0 unspecified atom stereocenters. The highest BCUT2D eigenvalue weighted by Gasteiger charge is 2.12. The highest BCUT2D eigenvalue weighted by molar-refractivity contribution is 6.30. The van der Waals surface area contributed by atoms with Crippen LogP contribution in [0.5, 0.6) is 0 Å². The Labute approximate surface area is 123 Å². The van der Waals surface area contributed by atoms with Gasteiger partial charge in [0.05, 0.1) is 0 Å². The Balaban J connectivity index is 1.99. The highest BCUT2D eigenvalue weighted by Crippen LogP contribution is 2.22. The Kier molecular flexibility index (Phi) is 3.28. The summed E-state index contributed by atoms with van der Waals surface area (Å²) in [5.74, 6) is 0.528. The molecule has 106 valence electrons. The second kappa shape index (κ2) is 5.25. The summed E-state index contributed by atoms with van der Waals surface area (Å²) in [6.07, 6.45) is 1.85. The van der Waals surface area contributed by atoms with Crippen molar-refractivity contribution in [3.63, 3.8) is 0 Å². The van der Waals surface area contributed by atoms with E-state index in [0.29, 0.717) is 16.5 Å². The van der Waals surface area contributed by atoms with Gasteiger partial charge in [0.25, 0.3) is 0 Å². The number of benzene rings is 1. The first-order valence-corrected chi connectivity index (χ1v) is 6.23. The van der Waals surface area contributed by atoms with Crippen molar-refractivity contribution in [2.45, 2.75) is 0 Å². The van der Waals surface area contributed by atoms with Gasteiger partial charge in [0.2, 0.25) is 11.6 Å². The van der Waals surface area contributed by atoms with Crippen molar-refractivity contribution < 1.29 is 9.90 Å². The first-order valence-electron chi connectivity index (χ1n) is 5.86. The molecule has 0 spiro atoms. The third-order valence-corrected chi connectivity index (χ3v) is 2.87. The summed E-state index contributed by atoms with van der Waals surface area (Å²) in [5.41, 5.74) is 1.13. The van der Waals surface area contributed by atoms with Crippen LogP contribution in [-0.4, -0.2) is 30.8 Å². The Morgan fingerprint density at radius 1 is 1.33 bits per heavy atom. The number of fused-ring (bicyclic) bond motifs is 1. The van der Waals surface area contributed by atoms with Crippen molar-refractivity contribution in [3.8, 4) is 0 Å². The molecule has 3 N–H and O–H groups in total. The Hall–Kier alpha value is -2.87. The molecule has 2 heterocycles. The Morgan fingerprint density at radius 3 is 2.95 bits per heavy atom. The molecule has 0 saturated heterocycles. The molecule has 3 aromatic rings. The van der Waals surface area contributed by atoms with Crippen molar-refractivity contribution >= 4 is 40.8 Å². The molecule has 1 aromatic carbocycles. The minimum atomic E-state index is -1.22. The van der Waals surface area contributed by atoms with Crippen LogP contribution in [0.2, 0.25) is 5.02 Å². The zero-order chi connectivity index (χ0) is 14.8. The molecule has 21 heavy (non-hydrogen) atoms. The van der Waals surface area contributed by atoms with Crippen LogP contribution in [0.3, 0.4) is 0 Å². The maximum absolute atomic E-state index is 10.7. The maximum Gasteiger partial charge on any atom is 0.411 e. The second-order valence-electron chi connectivity index (χ2n) is 4.06. The average molecular weight is 305 g/mol. The van der Waals surface area contributed by atoms with E-state index in [9.17, 15) is 4.79 Å². The fourth-order valence-corrected chi connectivity index (χ4v) is 1.99. The van der Waals surface area contributed by atoms with Crippen LogP contribution in [0, 0.1) is 0 Å². The molecule has 0 atom stereocenters. The van der Waals surface area contributed by atoms with E-state index in [4.69, 9.17) is 16.7 Å². The predicted octanol–water partition coefficient (Wildman–Crippen LogP) is 2.61. The average Bonchev–Trinajstić information content (AvgIpc) is 2.83. The van der Waals surface area contributed by atoms with Crippen molar-refractivity contribution in [3.05, 3.63) is 41.7 Å². The lowest BCUT2D eigenvalue weighted by molar-refractivity contribution is 0.209. The topological polar surface area (TPSA) is 104 Å². The van der Waals surface area contributed by atoms with Crippen LogP contribution in [0.1, 0.15) is 0 Å². The number of nitrogens with one attached hydrogen (secondary N) is 2. The van der Waals surface area contributed by atoms with Gasteiger partial charge in [-0.1, -0.05) is 17.7 Å². The second-order valence-corrected chi connectivity index (χ2v) is 4.50. The molecule has 0 aliphatic carbocycles. The quantitative estimate of drug-likeness (QED) is 0.687. The molecule has 0 bridgehead atoms. The van der Waals surface area contributed by atoms with E-state index >= 15 is 0 Å². The third-order valence-electron chi connectivity index (χ3n) is 2.63. The van der Waals surface area contributed by atoms with Gasteiger partial charge >= 0.3 is 6.09 Å².